The molecule has 1 atom stereocenters. The van der Waals surface area contributed by atoms with E-state index in [1.165, 1.54) is 0 Å². The number of aromatic nitrogens is 1. The standard InChI is InChI=1S/C12H16ClNO/c1-3-4-6-12(2,15)8-10-5-7-14-9-11(10)13/h3,5,7,9,15H,1,4,6,8H2,2H3. The van der Waals surface area contributed by atoms with Gasteiger partial charge in [0.05, 0.1) is 10.6 Å². The maximum absolute atomic E-state index is 10.1. The molecule has 82 valence electrons. The summed E-state index contributed by atoms with van der Waals surface area (Å²) < 4.78 is 0. The van der Waals surface area contributed by atoms with Gasteiger partial charge in [-0.1, -0.05) is 17.7 Å². The summed E-state index contributed by atoms with van der Waals surface area (Å²) in [4.78, 5) is 3.91. The van der Waals surface area contributed by atoms with Gasteiger partial charge in [-0.05, 0) is 31.4 Å². The van der Waals surface area contributed by atoms with Crippen molar-refractivity contribution in [2.75, 3.05) is 0 Å². The molecule has 2 nitrogen and oxygen atoms in total. The zero-order valence-electron chi connectivity index (χ0n) is 8.91. The van der Waals surface area contributed by atoms with Gasteiger partial charge in [-0.2, -0.15) is 0 Å². The maximum atomic E-state index is 10.1. The van der Waals surface area contributed by atoms with Gasteiger partial charge in [0.1, 0.15) is 0 Å². The Morgan fingerprint density at radius 1 is 1.67 bits per heavy atom. The molecule has 15 heavy (non-hydrogen) atoms. The molecule has 0 bridgehead atoms. The fourth-order valence-electron chi connectivity index (χ4n) is 1.46. The fraction of sp³-hybridized carbons (Fsp3) is 0.417. The summed E-state index contributed by atoms with van der Waals surface area (Å²) in [7, 11) is 0. The second-order valence-electron chi connectivity index (χ2n) is 3.97. The zero-order chi connectivity index (χ0) is 11.3. The SMILES string of the molecule is C=CCCC(C)(O)Cc1ccncc1Cl. The highest BCUT2D eigenvalue weighted by atomic mass is 35.5. The highest BCUT2D eigenvalue weighted by Gasteiger charge is 2.20. The number of hydrogen-bond acceptors (Lipinski definition) is 2. The molecule has 0 aliphatic heterocycles. The second-order valence-corrected chi connectivity index (χ2v) is 4.38. The average molecular weight is 226 g/mol. The van der Waals surface area contributed by atoms with Crippen LogP contribution in [-0.2, 0) is 6.42 Å². The minimum atomic E-state index is -0.737. The van der Waals surface area contributed by atoms with Gasteiger partial charge >= 0.3 is 0 Å². The summed E-state index contributed by atoms with van der Waals surface area (Å²) in [5.41, 5.74) is 0.194. The van der Waals surface area contributed by atoms with Crippen molar-refractivity contribution < 1.29 is 5.11 Å². The van der Waals surface area contributed by atoms with Crippen molar-refractivity contribution in [3.63, 3.8) is 0 Å². The van der Waals surface area contributed by atoms with Gasteiger partial charge < -0.3 is 5.11 Å². The van der Waals surface area contributed by atoms with E-state index in [2.05, 4.69) is 11.6 Å². The van der Waals surface area contributed by atoms with Gasteiger partial charge in [0, 0.05) is 18.8 Å². The lowest BCUT2D eigenvalue weighted by Gasteiger charge is -2.23. The molecule has 0 aromatic carbocycles. The molecule has 0 fully saturated rings. The maximum Gasteiger partial charge on any atom is 0.0663 e. The van der Waals surface area contributed by atoms with Gasteiger partial charge in [0.15, 0.2) is 0 Å². The van der Waals surface area contributed by atoms with Crippen LogP contribution in [0, 0.1) is 0 Å². The molecule has 0 radical (unpaired) electrons. The molecule has 1 heterocycles. The summed E-state index contributed by atoms with van der Waals surface area (Å²) in [6.07, 6.45) is 7.13. The highest BCUT2D eigenvalue weighted by Crippen LogP contribution is 2.23. The molecule has 1 N–H and O–H groups in total. The molecule has 0 aliphatic rings. The quantitative estimate of drug-likeness (QED) is 0.782. The lowest BCUT2D eigenvalue weighted by Crippen LogP contribution is -2.26. The summed E-state index contributed by atoms with van der Waals surface area (Å²) in [6, 6.07) is 1.84. The molecule has 3 heteroatoms. The van der Waals surface area contributed by atoms with E-state index in [0.29, 0.717) is 17.9 Å². The first-order valence-corrected chi connectivity index (χ1v) is 5.34. The number of hydrogen-bond donors (Lipinski definition) is 1. The van der Waals surface area contributed by atoms with Crippen molar-refractivity contribution in [2.45, 2.75) is 31.8 Å². The first-order chi connectivity index (χ1) is 7.05. The summed E-state index contributed by atoms with van der Waals surface area (Å²) >= 11 is 5.97. The van der Waals surface area contributed by atoms with Crippen LogP contribution < -0.4 is 0 Å². The zero-order valence-corrected chi connectivity index (χ0v) is 9.67. The van der Waals surface area contributed by atoms with Crippen LogP contribution in [0.25, 0.3) is 0 Å². The van der Waals surface area contributed by atoms with E-state index in [1.54, 1.807) is 12.4 Å². The summed E-state index contributed by atoms with van der Waals surface area (Å²) in [5, 5.41) is 10.7. The first kappa shape index (κ1) is 12.2. The topological polar surface area (TPSA) is 33.1 Å². The number of rotatable bonds is 5. The minimum Gasteiger partial charge on any atom is -0.390 e. The number of allylic oxidation sites excluding steroid dienone is 1. The number of pyridine rings is 1. The van der Waals surface area contributed by atoms with E-state index < -0.39 is 5.60 Å². The van der Waals surface area contributed by atoms with Crippen molar-refractivity contribution in [3.05, 3.63) is 41.7 Å². The van der Waals surface area contributed by atoms with Gasteiger partial charge in [-0.3, -0.25) is 4.98 Å². The van der Waals surface area contributed by atoms with E-state index in [0.717, 1.165) is 12.0 Å². The van der Waals surface area contributed by atoms with Crippen molar-refractivity contribution in [2.24, 2.45) is 0 Å². The predicted molar refractivity (Wildman–Crippen MR) is 63.0 cm³/mol. The Morgan fingerprint density at radius 3 is 3.00 bits per heavy atom. The number of aliphatic hydroxyl groups is 1. The van der Waals surface area contributed by atoms with Crippen LogP contribution in [0.5, 0.6) is 0 Å². The molecular weight excluding hydrogens is 210 g/mol. The molecule has 0 saturated carbocycles. The van der Waals surface area contributed by atoms with Crippen LogP contribution in [-0.4, -0.2) is 15.7 Å². The number of nitrogens with zero attached hydrogens (tertiary/aromatic N) is 1. The molecule has 0 saturated heterocycles. The highest BCUT2D eigenvalue weighted by molar-refractivity contribution is 6.31. The van der Waals surface area contributed by atoms with E-state index >= 15 is 0 Å². The third-order valence-electron chi connectivity index (χ3n) is 2.31. The Balaban J connectivity index is 2.68. The van der Waals surface area contributed by atoms with Gasteiger partial charge in [-0.15, -0.1) is 6.58 Å². The van der Waals surface area contributed by atoms with Crippen LogP contribution in [0.2, 0.25) is 5.02 Å². The largest absolute Gasteiger partial charge is 0.390 e. The molecule has 1 unspecified atom stereocenters. The molecule has 1 rings (SSSR count). The van der Waals surface area contributed by atoms with E-state index in [4.69, 9.17) is 11.6 Å². The average Bonchev–Trinajstić information content (AvgIpc) is 2.18. The van der Waals surface area contributed by atoms with Crippen molar-refractivity contribution >= 4 is 11.6 Å². The first-order valence-electron chi connectivity index (χ1n) is 4.97. The van der Waals surface area contributed by atoms with Crippen molar-refractivity contribution in [3.8, 4) is 0 Å². The van der Waals surface area contributed by atoms with Crippen molar-refractivity contribution in [1.29, 1.82) is 0 Å². The molecule has 1 aromatic rings. The monoisotopic (exact) mass is 225 g/mol. The lowest BCUT2D eigenvalue weighted by molar-refractivity contribution is 0.0523. The third-order valence-corrected chi connectivity index (χ3v) is 2.66. The van der Waals surface area contributed by atoms with Crippen LogP contribution in [0.3, 0.4) is 0 Å². The van der Waals surface area contributed by atoms with Crippen LogP contribution in [0.15, 0.2) is 31.1 Å². The molecule has 0 amide bonds. The van der Waals surface area contributed by atoms with E-state index in [9.17, 15) is 5.11 Å². The Kier molecular flexibility index (Phi) is 4.30. The molecule has 1 aromatic heterocycles. The third kappa shape index (κ3) is 4.02. The van der Waals surface area contributed by atoms with E-state index in [1.807, 2.05) is 19.1 Å². The van der Waals surface area contributed by atoms with Gasteiger partial charge in [0.2, 0.25) is 0 Å². The van der Waals surface area contributed by atoms with Gasteiger partial charge in [-0.25, -0.2) is 0 Å². The van der Waals surface area contributed by atoms with Crippen LogP contribution >= 0.6 is 11.6 Å². The van der Waals surface area contributed by atoms with Gasteiger partial charge in [0.25, 0.3) is 0 Å². The van der Waals surface area contributed by atoms with E-state index in [-0.39, 0.29) is 0 Å². The Labute approximate surface area is 95.6 Å². The van der Waals surface area contributed by atoms with Crippen LogP contribution in [0.4, 0.5) is 0 Å². The Hall–Kier alpha value is -0.860. The molecule has 0 aliphatic carbocycles. The summed E-state index contributed by atoms with van der Waals surface area (Å²) in [6.45, 7) is 5.45. The second kappa shape index (κ2) is 5.29. The minimum absolute atomic E-state index is 0.544. The Bertz CT molecular complexity index is 336. The predicted octanol–water partition coefficient (Wildman–Crippen LogP) is 2.99. The lowest BCUT2D eigenvalue weighted by atomic mass is 9.92. The normalized spacial score (nSPS) is 14.6. The Morgan fingerprint density at radius 2 is 2.40 bits per heavy atom. The fourth-order valence-corrected chi connectivity index (χ4v) is 1.65. The smallest absolute Gasteiger partial charge is 0.0663 e. The summed E-state index contributed by atoms with van der Waals surface area (Å²) in [5.74, 6) is 0. The van der Waals surface area contributed by atoms with Crippen molar-refractivity contribution in [1.82, 2.24) is 4.98 Å². The molecular formula is C12H16ClNO. The van der Waals surface area contributed by atoms with Crippen LogP contribution in [0.1, 0.15) is 25.3 Å². The number of halogens is 1. The molecule has 0 spiro atoms.